The maximum atomic E-state index is 12.8. The van der Waals surface area contributed by atoms with Crippen LogP contribution in [0.25, 0.3) is 10.9 Å². The van der Waals surface area contributed by atoms with Crippen molar-refractivity contribution in [1.82, 2.24) is 9.78 Å². The van der Waals surface area contributed by atoms with E-state index in [4.69, 9.17) is 0 Å². The number of hydrogen-bond donors (Lipinski definition) is 0. The van der Waals surface area contributed by atoms with Gasteiger partial charge in [0.15, 0.2) is 5.78 Å². The highest BCUT2D eigenvalue weighted by atomic mass is 19.4. The predicted octanol–water partition coefficient (Wildman–Crippen LogP) is 5.48. The van der Waals surface area contributed by atoms with Crippen molar-refractivity contribution < 1.29 is 18.0 Å². The summed E-state index contributed by atoms with van der Waals surface area (Å²) in [5.41, 5.74) is 0.467. The molecule has 136 valence electrons. The quantitative estimate of drug-likeness (QED) is 0.431. The number of halogens is 3. The normalized spacial score (nSPS) is 11.8. The van der Waals surface area contributed by atoms with Crippen molar-refractivity contribution >= 4 is 16.7 Å². The summed E-state index contributed by atoms with van der Waals surface area (Å²) < 4.78 is 40.4. The first-order valence-electron chi connectivity index (χ1n) is 8.57. The number of alkyl halides is 3. The Labute approximate surface area is 149 Å². The number of benzene rings is 2. The minimum Gasteiger partial charge on any atom is -0.289 e. The van der Waals surface area contributed by atoms with E-state index in [1.165, 1.54) is 12.1 Å². The molecule has 0 atom stereocenters. The number of aryl methyl sites for hydroxylation is 1. The summed E-state index contributed by atoms with van der Waals surface area (Å²) in [5, 5.41) is 5.15. The molecule has 6 heteroatoms. The second-order valence-electron chi connectivity index (χ2n) is 6.26. The highest BCUT2D eigenvalue weighted by Gasteiger charge is 2.31. The third-order valence-corrected chi connectivity index (χ3v) is 4.33. The van der Waals surface area contributed by atoms with Crippen LogP contribution in [0.15, 0.2) is 48.7 Å². The first-order valence-corrected chi connectivity index (χ1v) is 8.57. The van der Waals surface area contributed by atoms with Gasteiger partial charge in [0.2, 0.25) is 0 Å². The van der Waals surface area contributed by atoms with Crippen LogP contribution < -0.4 is 0 Å². The molecule has 0 aliphatic carbocycles. The lowest BCUT2D eigenvalue weighted by Crippen LogP contribution is -2.08. The molecule has 1 aromatic heterocycles. The van der Waals surface area contributed by atoms with Gasteiger partial charge in [-0.1, -0.05) is 31.9 Å². The number of hydrogen-bond acceptors (Lipinski definition) is 2. The number of rotatable bonds is 6. The standard InChI is InChI=1S/C20H19F3N2O/c1-2-3-4-10-25-18-9-8-15(11-16(18)13-24-25)19(26)14-6-5-7-17(12-14)20(21,22)23/h5-9,11-13H,2-4,10H2,1H3. The largest absolute Gasteiger partial charge is 0.416 e. The lowest BCUT2D eigenvalue weighted by atomic mass is 10.00. The molecule has 2 aromatic carbocycles. The zero-order valence-corrected chi connectivity index (χ0v) is 14.4. The molecule has 0 saturated heterocycles. The number of nitrogens with zero attached hydrogens (tertiary/aromatic N) is 2. The zero-order chi connectivity index (χ0) is 18.7. The van der Waals surface area contributed by atoms with Crippen molar-refractivity contribution in [3.8, 4) is 0 Å². The number of ketones is 1. The van der Waals surface area contributed by atoms with E-state index < -0.39 is 17.5 Å². The molecule has 3 nitrogen and oxygen atoms in total. The second kappa shape index (κ2) is 7.32. The van der Waals surface area contributed by atoms with Crippen LogP contribution >= 0.6 is 0 Å². The summed E-state index contributed by atoms with van der Waals surface area (Å²) in [6, 6.07) is 9.62. The van der Waals surface area contributed by atoms with Crippen LogP contribution in [0.3, 0.4) is 0 Å². The van der Waals surface area contributed by atoms with E-state index in [-0.39, 0.29) is 5.56 Å². The van der Waals surface area contributed by atoms with E-state index in [1.54, 1.807) is 24.4 Å². The van der Waals surface area contributed by atoms with Gasteiger partial charge in [-0.2, -0.15) is 18.3 Å². The van der Waals surface area contributed by atoms with Crippen molar-refractivity contribution in [2.45, 2.75) is 38.9 Å². The Kier molecular flexibility index (Phi) is 5.11. The average molecular weight is 360 g/mol. The first-order chi connectivity index (χ1) is 12.4. The van der Waals surface area contributed by atoms with Gasteiger partial charge >= 0.3 is 6.18 Å². The maximum Gasteiger partial charge on any atom is 0.416 e. The van der Waals surface area contributed by atoms with Crippen molar-refractivity contribution in [1.29, 1.82) is 0 Å². The Morgan fingerprint density at radius 2 is 1.85 bits per heavy atom. The van der Waals surface area contributed by atoms with Crippen molar-refractivity contribution in [3.63, 3.8) is 0 Å². The molecule has 0 radical (unpaired) electrons. The number of fused-ring (bicyclic) bond motifs is 1. The van der Waals surface area contributed by atoms with Gasteiger partial charge in [0.05, 0.1) is 17.3 Å². The first kappa shape index (κ1) is 18.2. The summed E-state index contributed by atoms with van der Waals surface area (Å²) in [4.78, 5) is 12.6. The highest BCUT2D eigenvalue weighted by molar-refractivity contribution is 6.10. The summed E-state index contributed by atoms with van der Waals surface area (Å²) in [6.07, 6.45) is 0.477. The van der Waals surface area contributed by atoms with Crippen LogP contribution in [-0.2, 0) is 12.7 Å². The molecule has 0 amide bonds. The topological polar surface area (TPSA) is 34.9 Å². The minimum absolute atomic E-state index is 0.0227. The molecule has 0 bridgehead atoms. The Bertz CT molecular complexity index is 928. The van der Waals surface area contributed by atoms with E-state index in [2.05, 4.69) is 12.0 Å². The van der Waals surface area contributed by atoms with Crippen LogP contribution in [0.1, 0.15) is 47.7 Å². The minimum atomic E-state index is -4.47. The summed E-state index contributed by atoms with van der Waals surface area (Å²) in [5.74, 6) is -0.434. The lowest BCUT2D eigenvalue weighted by Gasteiger charge is -2.08. The molecule has 0 N–H and O–H groups in total. The third kappa shape index (κ3) is 3.79. The van der Waals surface area contributed by atoms with E-state index in [9.17, 15) is 18.0 Å². The van der Waals surface area contributed by atoms with Gasteiger partial charge in [-0.15, -0.1) is 0 Å². The van der Waals surface area contributed by atoms with Gasteiger partial charge in [0, 0.05) is 23.1 Å². The molecule has 0 unspecified atom stereocenters. The number of carbonyl (C=O) groups excluding carboxylic acids is 1. The molecule has 1 heterocycles. The van der Waals surface area contributed by atoms with E-state index >= 15 is 0 Å². The van der Waals surface area contributed by atoms with Crippen molar-refractivity contribution in [2.24, 2.45) is 0 Å². The number of carbonyl (C=O) groups is 1. The Balaban J connectivity index is 1.87. The molecule has 0 aliphatic rings. The fraction of sp³-hybridized carbons (Fsp3) is 0.300. The van der Waals surface area contributed by atoms with Crippen LogP contribution in [0.5, 0.6) is 0 Å². The van der Waals surface area contributed by atoms with Crippen LogP contribution in [0, 0.1) is 0 Å². The monoisotopic (exact) mass is 360 g/mol. The fourth-order valence-electron chi connectivity index (χ4n) is 2.92. The van der Waals surface area contributed by atoms with Gasteiger partial charge in [-0.05, 0) is 36.8 Å². The van der Waals surface area contributed by atoms with Crippen LogP contribution in [-0.4, -0.2) is 15.6 Å². The van der Waals surface area contributed by atoms with Gasteiger partial charge in [0.1, 0.15) is 0 Å². The van der Waals surface area contributed by atoms with Gasteiger partial charge in [0.25, 0.3) is 0 Å². The Morgan fingerprint density at radius 1 is 1.08 bits per heavy atom. The van der Waals surface area contributed by atoms with Gasteiger partial charge in [-0.25, -0.2) is 0 Å². The molecule has 0 spiro atoms. The molecule has 3 aromatic rings. The Hall–Kier alpha value is -2.63. The summed E-state index contributed by atoms with van der Waals surface area (Å²) in [6.45, 7) is 2.94. The molecular formula is C20H19F3N2O. The van der Waals surface area contributed by atoms with Gasteiger partial charge < -0.3 is 0 Å². The molecule has 0 fully saturated rings. The highest BCUT2D eigenvalue weighted by Crippen LogP contribution is 2.30. The average Bonchev–Trinajstić information content (AvgIpc) is 3.03. The van der Waals surface area contributed by atoms with E-state index in [0.29, 0.717) is 5.56 Å². The lowest BCUT2D eigenvalue weighted by molar-refractivity contribution is -0.137. The third-order valence-electron chi connectivity index (χ3n) is 4.33. The van der Waals surface area contributed by atoms with E-state index in [1.807, 2.05) is 4.68 Å². The maximum absolute atomic E-state index is 12.8. The SMILES string of the molecule is CCCCCn1ncc2cc(C(=O)c3cccc(C(F)(F)F)c3)ccc21. The van der Waals surface area contributed by atoms with E-state index in [0.717, 1.165) is 48.8 Å². The van der Waals surface area contributed by atoms with Crippen LogP contribution in [0.2, 0.25) is 0 Å². The zero-order valence-electron chi connectivity index (χ0n) is 14.4. The molecule has 3 rings (SSSR count). The predicted molar refractivity (Wildman–Crippen MR) is 94.1 cm³/mol. The summed E-state index contributed by atoms with van der Waals surface area (Å²) in [7, 11) is 0. The molecule has 0 saturated carbocycles. The number of aromatic nitrogens is 2. The summed E-state index contributed by atoms with van der Waals surface area (Å²) >= 11 is 0. The van der Waals surface area contributed by atoms with Gasteiger partial charge in [-0.3, -0.25) is 9.48 Å². The smallest absolute Gasteiger partial charge is 0.289 e. The fourth-order valence-corrected chi connectivity index (χ4v) is 2.92. The molecule has 26 heavy (non-hydrogen) atoms. The molecular weight excluding hydrogens is 341 g/mol. The van der Waals surface area contributed by atoms with Crippen LogP contribution in [0.4, 0.5) is 13.2 Å². The number of unbranched alkanes of at least 4 members (excludes halogenated alkanes) is 2. The second-order valence-corrected chi connectivity index (χ2v) is 6.26. The van der Waals surface area contributed by atoms with Crippen molar-refractivity contribution in [2.75, 3.05) is 0 Å². The Morgan fingerprint density at radius 3 is 2.58 bits per heavy atom. The molecule has 0 aliphatic heterocycles. The van der Waals surface area contributed by atoms with Crippen molar-refractivity contribution in [3.05, 3.63) is 65.4 Å².